The van der Waals surface area contributed by atoms with Crippen LogP contribution in [-0.2, 0) is 0 Å². The van der Waals surface area contributed by atoms with Gasteiger partial charge in [-0.15, -0.1) is 0 Å². The second-order valence-corrected chi connectivity index (χ2v) is 15.1. The van der Waals surface area contributed by atoms with Crippen molar-refractivity contribution in [2.24, 2.45) is 0 Å². The van der Waals surface area contributed by atoms with Gasteiger partial charge >= 0.3 is 166 Å². The molecule has 0 saturated heterocycles. The summed E-state index contributed by atoms with van der Waals surface area (Å²) in [7, 11) is 0. The van der Waals surface area contributed by atoms with Crippen molar-refractivity contribution in [3.63, 3.8) is 0 Å². The van der Waals surface area contributed by atoms with Crippen LogP contribution in [0.2, 0.25) is 0 Å². The van der Waals surface area contributed by atoms with Gasteiger partial charge in [0, 0.05) is 0 Å². The van der Waals surface area contributed by atoms with Crippen LogP contribution in [-0.4, -0.2) is 24.6 Å². The minimum atomic E-state index is -2.94. The molecule has 0 N–H and O–H groups in total. The molecule has 28 heavy (non-hydrogen) atoms. The first-order valence-corrected chi connectivity index (χ1v) is 16.1. The summed E-state index contributed by atoms with van der Waals surface area (Å²) in [6.45, 7) is 6.02. The average molecular weight is 419 g/mol. The Morgan fingerprint density at radius 1 is 0.357 bits per heavy atom. The SMILES string of the molecule is CCCCCCCCCCCCCCP(F)(CCCC)(CCCC)CCCC. The van der Waals surface area contributed by atoms with Crippen LogP contribution < -0.4 is 0 Å². The van der Waals surface area contributed by atoms with E-state index in [9.17, 15) is 0 Å². The molecule has 0 fully saturated rings. The van der Waals surface area contributed by atoms with Crippen molar-refractivity contribution in [1.29, 1.82) is 0 Å². The van der Waals surface area contributed by atoms with Crippen molar-refractivity contribution in [3.05, 3.63) is 0 Å². The summed E-state index contributed by atoms with van der Waals surface area (Å²) >= 11 is 0. The first kappa shape index (κ1) is 28.4. The molecule has 2 heteroatoms. The number of rotatable bonds is 22. The fourth-order valence-corrected chi connectivity index (χ4v) is 10.4. The van der Waals surface area contributed by atoms with E-state index in [-0.39, 0.29) is 0 Å². The Bertz CT molecular complexity index is 304. The van der Waals surface area contributed by atoms with Gasteiger partial charge in [-0.3, -0.25) is 0 Å². The predicted octanol–water partition coefficient (Wildman–Crippen LogP) is 10.5. The molecular weight excluding hydrogens is 362 g/mol. The van der Waals surface area contributed by atoms with Gasteiger partial charge in [-0.05, 0) is 0 Å². The average Bonchev–Trinajstić information content (AvgIpc) is 2.71. The first-order chi connectivity index (χ1) is 13.5. The zero-order valence-corrected chi connectivity index (χ0v) is 21.3. The molecule has 0 aliphatic heterocycles. The van der Waals surface area contributed by atoms with Crippen LogP contribution in [0.1, 0.15) is 143 Å². The van der Waals surface area contributed by atoms with E-state index in [1.54, 1.807) is 0 Å². The molecule has 0 aromatic carbocycles. The van der Waals surface area contributed by atoms with E-state index < -0.39 is 6.91 Å². The molecule has 0 nitrogen and oxygen atoms in total. The first-order valence-electron chi connectivity index (χ1n) is 13.3. The van der Waals surface area contributed by atoms with Crippen molar-refractivity contribution in [2.75, 3.05) is 24.6 Å². The van der Waals surface area contributed by atoms with E-state index in [0.29, 0.717) is 0 Å². The van der Waals surface area contributed by atoms with Gasteiger partial charge in [0.05, 0.1) is 0 Å². The van der Waals surface area contributed by atoms with E-state index in [4.69, 9.17) is 0 Å². The summed E-state index contributed by atoms with van der Waals surface area (Å²) in [6, 6.07) is 0. The van der Waals surface area contributed by atoms with Crippen molar-refractivity contribution in [2.45, 2.75) is 143 Å². The fraction of sp³-hybridized carbons (Fsp3) is 1.00. The molecule has 0 saturated carbocycles. The second-order valence-electron chi connectivity index (χ2n) is 9.66. The maximum atomic E-state index is 16.7. The molecule has 0 unspecified atom stereocenters. The van der Waals surface area contributed by atoms with Crippen LogP contribution in [0, 0.1) is 0 Å². The van der Waals surface area contributed by atoms with Crippen LogP contribution in [0.15, 0.2) is 0 Å². The molecule has 0 heterocycles. The van der Waals surface area contributed by atoms with Gasteiger partial charge in [-0.2, -0.15) is 0 Å². The van der Waals surface area contributed by atoms with Crippen molar-refractivity contribution < 1.29 is 4.20 Å². The fourth-order valence-electron chi connectivity index (χ4n) is 4.68. The van der Waals surface area contributed by atoms with Crippen molar-refractivity contribution in [3.8, 4) is 0 Å². The molecule has 0 aliphatic carbocycles. The summed E-state index contributed by atoms with van der Waals surface area (Å²) in [6.07, 6.45) is 26.9. The molecule has 172 valence electrons. The molecule has 0 amide bonds. The quantitative estimate of drug-likeness (QED) is 0.121. The molecule has 0 atom stereocenters. The Balaban J connectivity index is 4.12. The van der Waals surface area contributed by atoms with E-state index in [1.807, 2.05) is 0 Å². The van der Waals surface area contributed by atoms with Gasteiger partial charge in [0.1, 0.15) is 0 Å². The zero-order chi connectivity index (χ0) is 21.0. The third-order valence-electron chi connectivity index (χ3n) is 6.78. The molecule has 0 aliphatic rings. The van der Waals surface area contributed by atoms with E-state index in [0.717, 1.165) is 69.6 Å². The molecule has 0 aromatic rings. The van der Waals surface area contributed by atoms with Crippen LogP contribution >= 0.6 is 6.91 Å². The summed E-state index contributed by atoms with van der Waals surface area (Å²) in [5.41, 5.74) is 0. The third-order valence-corrected chi connectivity index (χ3v) is 12.5. The van der Waals surface area contributed by atoms with Gasteiger partial charge in [0.25, 0.3) is 0 Å². The molecule has 0 aromatic heterocycles. The van der Waals surface area contributed by atoms with Crippen molar-refractivity contribution in [1.82, 2.24) is 0 Å². The van der Waals surface area contributed by atoms with Gasteiger partial charge in [0.15, 0.2) is 0 Å². The molecule has 0 bridgehead atoms. The van der Waals surface area contributed by atoms with E-state index in [2.05, 4.69) is 27.7 Å². The summed E-state index contributed by atoms with van der Waals surface area (Å²) < 4.78 is 16.7. The standard InChI is InChI=1S/C26H56FP/c1-5-9-13-14-15-16-17-18-19-20-21-22-26-28(27,23-10-6-2,24-11-7-3)25-12-8-4/h5-26H2,1-4H3. The minimum absolute atomic E-state index is 0.931. The topological polar surface area (TPSA) is 0 Å². The summed E-state index contributed by atoms with van der Waals surface area (Å²) in [5.74, 6) is 0. The van der Waals surface area contributed by atoms with Gasteiger partial charge in [-0.1, -0.05) is 13.3 Å². The number of halogens is 1. The third kappa shape index (κ3) is 14.4. The number of hydrogen-bond acceptors (Lipinski definition) is 0. The number of unbranched alkanes of at least 4 members (excludes halogenated alkanes) is 14. The summed E-state index contributed by atoms with van der Waals surface area (Å²) in [5, 5.41) is 0. The zero-order valence-electron chi connectivity index (χ0n) is 20.4. The van der Waals surface area contributed by atoms with E-state index in [1.165, 1.54) is 70.6 Å². The van der Waals surface area contributed by atoms with Crippen LogP contribution in [0.5, 0.6) is 0 Å². The van der Waals surface area contributed by atoms with Crippen LogP contribution in [0.3, 0.4) is 0 Å². The Morgan fingerprint density at radius 3 is 0.929 bits per heavy atom. The Labute approximate surface area is 179 Å². The van der Waals surface area contributed by atoms with Gasteiger partial charge in [0.2, 0.25) is 0 Å². The van der Waals surface area contributed by atoms with E-state index >= 15 is 4.20 Å². The normalized spacial score (nSPS) is 13.5. The van der Waals surface area contributed by atoms with Crippen LogP contribution in [0.25, 0.3) is 0 Å². The predicted molar refractivity (Wildman–Crippen MR) is 133 cm³/mol. The van der Waals surface area contributed by atoms with Gasteiger partial charge < -0.3 is 0 Å². The molecule has 0 rings (SSSR count). The van der Waals surface area contributed by atoms with Crippen LogP contribution in [0.4, 0.5) is 4.20 Å². The Hall–Kier alpha value is 0.360. The Kier molecular flexibility index (Phi) is 18.4. The second kappa shape index (κ2) is 18.2. The molecule has 0 radical (unpaired) electrons. The Morgan fingerprint density at radius 2 is 0.607 bits per heavy atom. The maximum absolute atomic E-state index is 16.7. The van der Waals surface area contributed by atoms with Gasteiger partial charge in [-0.25, -0.2) is 0 Å². The monoisotopic (exact) mass is 418 g/mol. The summed E-state index contributed by atoms with van der Waals surface area (Å²) in [4.78, 5) is 0. The molecule has 0 spiro atoms. The molecular formula is C26H56FP. The van der Waals surface area contributed by atoms with Crippen molar-refractivity contribution >= 4 is 6.91 Å². The number of hydrogen-bond donors (Lipinski definition) is 0.